The molecule has 0 saturated heterocycles. The lowest BCUT2D eigenvalue weighted by molar-refractivity contribution is 0.370. The van der Waals surface area contributed by atoms with Gasteiger partial charge in [-0.1, -0.05) is 23.2 Å². The van der Waals surface area contributed by atoms with Crippen molar-refractivity contribution in [2.75, 3.05) is 7.11 Å². The summed E-state index contributed by atoms with van der Waals surface area (Å²) in [6.07, 6.45) is 0. The monoisotopic (exact) mass is 220 g/mol. The number of aromatic hydroxyl groups is 1. The molecule has 0 atom stereocenters. The Kier molecular flexibility index (Phi) is 2.94. The quantitative estimate of drug-likeness (QED) is 0.788. The Bertz CT molecular complexity index is 319. The van der Waals surface area contributed by atoms with E-state index in [0.717, 1.165) is 11.1 Å². The van der Waals surface area contributed by atoms with Gasteiger partial charge in [0.25, 0.3) is 0 Å². The van der Waals surface area contributed by atoms with Crippen molar-refractivity contribution in [3.63, 3.8) is 0 Å². The first-order valence-electron chi connectivity index (χ1n) is 3.71. The molecule has 0 aliphatic carbocycles. The van der Waals surface area contributed by atoms with Gasteiger partial charge in [0.1, 0.15) is 5.02 Å². The van der Waals surface area contributed by atoms with Crippen LogP contribution in [0.5, 0.6) is 11.5 Å². The molecular formula is C9H10Cl2O2. The van der Waals surface area contributed by atoms with Crippen LogP contribution in [0.4, 0.5) is 0 Å². The van der Waals surface area contributed by atoms with E-state index in [0.29, 0.717) is 10.8 Å². The van der Waals surface area contributed by atoms with Crippen molar-refractivity contribution >= 4 is 23.2 Å². The molecule has 0 unspecified atom stereocenters. The van der Waals surface area contributed by atoms with Crippen molar-refractivity contribution in [3.05, 3.63) is 21.2 Å². The summed E-state index contributed by atoms with van der Waals surface area (Å²) in [5, 5.41) is 10.1. The number of benzene rings is 1. The van der Waals surface area contributed by atoms with E-state index in [1.807, 2.05) is 13.8 Å². The molecule has 0 aliphatic rings. The van der Waals surface area contributed by atoms with Gasteiger partial charge in [-0.2, -0.15) is 0 Å². The number of rotatable bonds is 1. The lowest BCUT2D eigenvalue weighted by atomic mass is 10.1. The highest BCUT2D eigenvalue weighted by Crippen LogP contribution is 2.43. The molecule has 72 valence electrons. The molecule has 1 aromatic carbocycles. The highest BCUT2D eigenvalue weighted by molar-refractivity contribution is 6.43. The third-order valence-electron chi connectivity index (χ3n) is 2.05. The predicted octanol–water partition coefficient (Wildman–Crippen LogP) is 3.32. The molecule has 0 spiro atoms. The fourth-order valence-electron chi connectivity index (χ4n) is 1.13. The van der Waals surface area contributed by atoms with Crippen molar-refractivity contribution in [1.29, 1.82) is 0 Å². The Balaban J connectivity index is 3.56. The van der Waals surface area contributed by atoms with Crippen molar-refractivity contribution in [1.82, 2.24) is 0 Å². The molecule has 0 aliphatic heterocycles. The van der Waals surface area contributed by atoms with Crippen LogP contribution in [0.2, 0.25) is 10.0 Å². The van der Waals surface area contributed by atoms with E-state index in [9.17, 15) is 5.11 Å². The summed E-state index contributed by atoms with van der Waals surface area (Å²) < 4.78 is 5.00. The second-order valence-electron chi connectivity index (χ2n) is 2.76. The van der Waals surface area contributed by atoms with Gasteiger partial charge >= 0.3 is 0 Å². The van der Waals surface area contributed by atoms with Gasteiger partial charge in [0, 0.05) is 0 Å². The fourth-order valence-corrected chi connectivity index (χ4v) is 1.59. The third-order valence-corrected chi connectivity index (χ3v) is 2.99. The van der Waals surface area contributed by atoms with Crippen molar-refractivity contribution < 1.29 is 9.84 Å². The lowest BCUT2D eigenvalue weighted by Crippen LogP contribution is -1.92. The van der Waals surface area contributed by atoms with Gasteiger partial charge in [-0.15, -0.1) is 0 Å². The Hall–Kier alpha value is -0.600. The van der Waals surface area contributed by atoms with Crippen LogP contribution in [0, 0.1) is 13.8 Å². The van der Waals surface area contributed by atoms with E-state index in [1.165, 1.54) is 7.11 Å². The summed E-state index contributed by atoms with van der Waals surface area (Å²) in [6.45, 7) is 3.64. The summed E-state index contributed by atoms with van der Waals surface area (Å²) in [5.74, 6) is 0.282. The maximum absolute atomic E-state index is 9.54. The molecule has 0 heterocycles. The molecule has 13 heavy (non-hydrogen) atoms. The SMILES string of the molecule is COc1c(C)c(C)c(Cl)c(Cl)c1O. The number of phenolic OH excluding ortho intramolecular Hbond substituents is 1. The molecule has 0 saturated carbocycles. The first kappa shape index (κ1) is 10.5. The van der Waals surface area contributed by atoms with Crippen LogP contribution in [0.25, 0.3) is 0 Å². The van der Waals surface area contributed by atoms with E-state index >= 15 is 0 Å². The molecule has 2 nitrogen and oxygen atoms in total. The van der Waals surface area contributed by atoms with E-state index in [-0.39, 0.29) is 10.8 Å². The maximum atomic E-state index is 9.54. The van der Waals surface area contributed by atoms with Gasteiger partial charge in [-0.25, -0.2) is 0 Å². The fraction of sp³-hybridized carbons (Fsp3) is 0.333. The number of methoxy groups -OCH3 is 1. The van der Waals surface area contributed by atoms with Gasteiger partial charge in [0.15, 0.2) is 11.5 Å². The molecule has 0 amide bonds. The largest absolute Gasteiger partial charge is 0.503 e. The van der Waals surface area contributed by atoms with Gasteiger partial charge in [0.05, 0.1) is 12.1 Å². The minimum Gasteiger partial charge on any atom is -0.503 e. The molecule has 1 aromatic rings. The first-order valence-corrected chi connectivity index (χ1v) is 4.47. The van der Waals surface area contributed by atoms with Gasteiger partial charge in [0.2, 0.25) is 0 Å². The minimum atomic E-state index is -0.0998. The van der Waals surface area contributed by atoms with Crippen molar-refractivity contribution in [3.8, 4) is 11.5 Å². The van der Waals surface area contributed by atoms with Gasteiger partial charge < -0.3 is 9.84 Å². The molecule has 0 bridgehead atoms. The van der Waals surface area contributed by atoms with Crippen LogP contribution < -0.4 is 4.74 Å². The van der Waals surface area contributed by atoms with Crippen molar-refractivity contribution in [2.24, 2.45) is 0 Å². The molecule has 4 heteroatoms. The highest BCUT2D eigenvalue weighted by Gasteiger charge is 2.17. The zero-order chi connectivity index (χ0) is 10.2. The normalized spacial score (nSPS) is 10.2. The highest BCUT2D eigenvalue weighted by atomic mass is 35.5. The van der Waals surface area contributed by atoms with Gasteiger partial charge in [-0.3, -0.25) is 0 Å². The summed E-state index contributed by atoms with van der Waals surface area (Å²) in [6, 6.07) is 0. The molecule has 0 fully saturated rings. The Morgan fingerprint density at radius 2 is 1.62 bits per heavy atom. The summed E-state index contributed by atoms with van der Waals surface area (Å²) >= 11 is 11.6. The van der Waals surface area contributed by atoms with E-state index < -0.39 is 0 Å². The average Bonchev–Trinajstić information content (AvgIpc) is 2.13. The predicted molar refractivity (Wildman–Crippen MR) is 54.2 cm³/mol. The summed E-state index contributed by atoms with van der Waals surface area (Å²) in [7, 11) is 1.48. The van der Waals surface area contributed by atoms with Crippen LogP contribution in [-0.4, -0.2) is 12.2 Å². The molecule has 1 N–H and O–H groups in total. The van der Waals surface area contributed by atoms with E-state index in [4.69, 9.17) is 27.9 Å². The lowest BCUT2D eigenvalue weighted by Gasteiger charge is -2.12. The second kappa shape index (κ2) is 3.64. The maximum Gasteiger partial charge on any atom is 0.178 e. The first-order chi connectivity index (χ1) is 6.00. The Labute approximate surface area is 87.0 Å². The minimum absolute atomic E-state index is 0.0998. The third kappa shape index (κ3) is 1.56. The molecule has 0 aromatic heterocycles. The van der Waals surface area contributed by atoms with Crippen LogP contribution >= 0.6 is 23.2 Å². The number of hydrogen-bond acceptors (Lipinski definition) is 2. The number of ether oxygens (including phenoxy) is 1. The zero-order valence-electron chi connectivity index (χ0n) is 7.61. The standard InChI is InChI=1S/C9H10Cl2O2/c1-4-5(2)9(13-3)8(12)7(11)6(4)10/h12H,1-3H3. The second-order valence-corrected chi connectivity index (χ2v) is 3.52. The number of hydrogen-bond donors (Lipinski definition) is 1. The van der Waals surface area contributed by atoms with Crippen LogP contribution in [0.3, 0.4) is 0 Å². The average molecular weight is 221 g/mol. The van der Waals surface area contributed by atoms with Crippen LogP contribution in [-0.2, 0) is 0 Å². The van der Waals surface area contributed by atoms with E-state index in [2.05, 4.69) is 0 Å². The van der Waals surface area contributed by atoms with Crippen LogP contribution in [0.15, 0.2) is 0 Å². The smallest absolute Gasteiger partial charge is 0.178 e. The molecule has 1 rings (SSSR count). The van der Waals surface area contributed by atoms with E-state index in [1.54, 1.807) is 0 Å². The molecule has 0 radical (unpaired) electrons. The Morgan fingerprint density at radius 3 is 2.08 bits per heavy atom. The zero-order valence-corrected chi connectivity index (χ0v) is 9.12. The number of halogens is 2. The van der Waals surface area contributed by atoms with Gasteiger partial charge in [-0.05, 0) is 25.0 Å². The van der Waals surface area contributed by atoms with Crippen LogP contribution in [0.1, 0.15) is 11.1 Å². The summed E-state index contributed by atoms with van der Waals surface area (Å²) in [4.78, 5) is 0. The van der Waals surface area contributed by atoms with Crippen molar-refractivity contribution in [2.45, 2.75) is 13.8 Å². The molecular weight excluding hydrogens is 211 g/mol. The Morgan fingerprint density at radius 1 is 1.08 bits per heavy atom. The summed E-state index contributed by atoms with van der Waals surface area (Å²) in [5.41, 5.74) is 1.62. The number of phenols is 1. The topological polar surface area (TPSA) is 29.5 Å².